The van der Waals surface area contributed by atoms with E-state index in [0.717, 1.165) is 23.8 Å². The average molecular weight is 381 g/mol. The minimum Gasteiger partial charge on any atom is -0.338 e. The molecule has 1 amide bonds. The fourth-order valence-corrected chi connectivity index (χ4v) is 5.56. The van der Waals surface area contributed by atoms with Crippen molar-refractivity contribution in [3.8, 4) is 0 Å². The van der Waals surface area contributed by atoms with Gasteiger partial charge in [0.1, 0.15) is 12.4 Å². The van der Waals surface area contributed by atoms with Crippen LogP contribution >= 0.6 is 21.6 Å². The largest absolute Gasteiger partial charge is 0.406 e. The number of carbonyl (C=O) groups is 1. The zero-order chi connectivity index (χ0) is 17.6. The van der Waals surface area contributed by atoms with Crippen LogP contribution in [0.3, 0.4) is 0 Å². The third-order valence-electron chi connectivity index (χ3n) is 3.85. The molecule has 1 saturated heterocycles. The number of hydrogen-bond donors (Lipinski definition) is 0. The Bertz CT molecular complexity index is 530. The topological polar surface area (TPSA) is 38.1 Å². The normalized spacial score (nSPS) is 18.1. The van der Waals surface area contributed by atoms with Crippen LogP contribution in [0.4, 0.5) is 13.2 Å². The first-order valence-corrected chi connectivity index (χ1v) is 10.3. The summed E-state index contributed by atoms with van der Waals surface area (Å²) < 4.78 is 38.5. The molecule has 0 bridgehead atoms. The number of carbonyl (C=O) groups excluding carboxylic acids is 1. The predicted molar refractivity (Wildman–Crippen MR) is 91.7 cm³/mol. The van der Waals surface area contributed by atoms with E-state index < -0.39 is 12.7 Å². The van der Waals surface area contributed by atoms with Crippen LogP contribution in [0.25, 0.3) is 0 Å². The van der Waals surface area contributed by atoms with Gasteiger partial charge in [-0.1, -0.05) is 28.0 Å². The highest BCUT2D eigenvalue weighted by atomic mass is 33.1. The predicted octanol–water partition coefficient (Wildman–Crippen LogP) is 4.12. The summed E-state index contributed by atoms with van der Waals surface area (Å²) in [6.07, 6.45) is 2.96. The quantitative estimate of drug-likeness (QED) is 0.502. The lowest BCUT2D eigenvalue weighted by Gasteiger charge is -2.18. The standard InChI is InChI=1S/C15H22F3N3OS2/c1-20(10-13-19-7-8-21(13)11-15(16,17)18)14(22)5-3-2-4-12-6-9-23-24-12/h7-8,12H,2-6,9-11H2,1H3. The summed E-state index contributed by atoms with van der Waals surface area (Å²) in [6.45, 7) is -0.988. The maximum atomic E-state index is 12.5. The smallest absolute Gasteiger partial charge is 0.338 e. The van der Waals surface area contributed by atoms with Gasteiger partial charge in [0.25, 0.3) is 0 Å². The molecular weight excluding hydrogens is 359 g/mol. The fourth-order valence-electron chi connectivity index (χ4n) is 2.53. The van der Waals surface area contributed by atoms with Gasteiger partial charge in [-0.2, -0.15) is 13.2 Å². The lowest BCUT2D eigenvalue weighted by atomic mass is 10.1. The van der Waals surface area contributed by atoms with Gasteiger partial charge < -0.3 is 9.47 Å². The fraction of sp³-hybridized carbons (Fsp3) is 0.733. The highest BCUT2D eigenvalue weighted by Crippen LogP contribution is 2.39. The Labute approximate surface area is 148 Å². The lowest BCUT2D eigenvalue weighted by Crippen LogP contribution is -2.28. The van der Waals surface area contributed by atoms with Crippen molar-refractivity contribution < 1.29 is 18.0 Å². The van der Waals surface area contributed by atoms with Crippen molar-refractivity contribution in [2.45, 2.75) is 56.6 Å². The summed E-state index contributed by atoms with van der Waals surface area (Å²) in [5.41, 5.74) is 0. The van der Waals surface area contributed by atoms with Crippen LogP contribution in [0.15, 0.2) is 12.4 Å². The molecule has 9 heteroatoms. The molecule has 2 heterocycles. The molecule has 24 heavy (non-hydrogen) atoms. The number of alkyl halides is 3. The zero-order valence-electron chi connectivity index (χ0n) is 13.6. The lowest BCUT2D eigenvalue weighted by molar-refractivity contribution is -0.141. The maximum Gasteiger partial charge on any atom is 0.406 e. The van der Waals surface area contributed by atoms with Gasteiger partial charge in [0.05, 0.1) is 6.54 Å². The van der Waals surface area contributed by atoms with E-state index in [1.165, 1.54) is 29.5 Å². The Hall–Kier alpha value is -0.830. The van der Waals surface area contributed by atoms with Gasteiger partial charge in [0.2, 0.25) is 5.91 Å². The molecule has 136 valence electrons. The molecule has 0 saturated carbocycles. The molecule has 0 aromatic carbocycles. The minimum atomic E-state index is -4.30. The Morgan fingerprint density at radius 3 is 2.92 bits per heavy atom. The molecule has 4 nitrogen and oxygen atoms in total. The molecule has 1 atom stereocenters. The van der Waals surface area contributed by atoms with E-state index in [2.05, 4.69) is 4.98 Å². The second-order valence-corrected chi connectivity index (χ2v) is 8.70. The van der Waals surface area contributed by atoms with Crippen molar-refractivity contribution in [2.75, 3.05) is 12.8 Å². The second-order valence-electron chi connectivity index (χ2n) is 5.91. The van der Waals surface area contributed by atoms with Crippen molar-refractivity contribution in [2.24, 2.45) is 0 Å². The van der Waals surface area contributed by atoms with Crippen molar-refractivity contribution in [1.82, 2.24) is 14.5 Å². The van der Waals surface area contributed by atoms with E-state index in [1.807, 2.05) is 21.6 Å². The number of amides is 1. The van der Waals surface area contributed by atoms with E-state index in [1.54, 1.807) is 7.05 Å². The van der Waals surface area contributed by atoms with Crippen molar-refractivity contribution in [1.29, 1.82) is 0 Å². The number of unbranched alkanes of at least 4 members (excludes halogenated alkanes) is 1. The van der Waals surface area contributed by atoms with Crippen LogP contribution in [0.5, 0.6) is 0 Å². The van der Waals surface area contributed by atoms with Gasteiger partial charge in [-0.3, -0.25) is 4.79 Å². The third-order valence-corrected chi connectivity index (χ3v) is 6.86. The summed E-state index contributed by atoms with van der Waals surface area (Å²) in [7, 11) is 5.46. The van der Waals surface area contributed by atoms with Crippen LogP contribution in [-0.4, -0.2) is 44.6 Å². The van der Waals surface area contributed by atoms with Gasteiger partial charge in [-0.15, -0.1) is 0 Å². The molecule has 1 unspecified atom stereocenters. The van der Waals surface area contributed by atoms with Crippen molar-refractivity contribution in [3.05, 3.63) is 18.2 Å². The highest BCUT2D eigenvalue weighted by Gasteiger charge is 2.29. The molecule has 2 rings (SSSR count). The molecule has 0 N–H and O–H groups in total. The van der Waals surface area contributed by atoms with E-state index in [9.17, 15) is 18.0 Å². The van der Waals surface area contributed by atoms with E-state index >= 15 is 0 Å². The van der Waals surface area contributed by atoms with Gasteiger partial charge in [0.15, 0.2) is 0 Å². The third kappa shape index (κ3) is 6.58. The minimum absolute atomic E-state index is 0.0509. The summed E-state index contributed by atoms with van der Waals surface area (Å²) >= 11 is 0. The molecule has 1 aliphatic heterocycles. The number of hydrogen-bond acceptors (Lipinski definition) is 4. The Kier molecular flexibility index (Phi) is 7.34. The van der Waals surface area contributed by atoms with E-state index in [-0.39, 0.29) is 18.3 Å². The molecule has 1 aromatic rings. The summed E-state index contributed by atoms with van der Waals surface area (Å²) in [5.74, 6) is 1.41. The molecular formula is C15H22F3N3OS2. The summed E-state index contributed by atoms with van der Waals surface area (Å²) in [4.78, 5) is 17.5. The van der Waals surface area contributed by atoms with Crippen LogP contribution in [0.2, 0.25) is 0 Å². The van der Waals surface area contributed by atoms with Gasteiger partial charge >= 0.3 is 6.18 Å². The number of aromatic nitrogens is 2. The van der Waals surface area contributed by atoms with Crippen LogP contribution in [0.1, 0.15) is 37.9 Å². The van der Waals surface area contributed by atoms with E-state index in [0.29, 0.717) is 11.7 Å². The van der Waals surface area contributed by atoms with Crippen LogP contribution in [-0.2, 0) is 17.9 Å². The average Bonchev–Trinajstić information content (AvgIpc) is 3.14. The molecule has 0 spiro atoms. The number of nitrogens with zero attached hydrogens (tertiary/aromatic N) is 3. The molecule has 1 aromatic heterocycles. The zero-order valence-corrected chi connectivity index (χ0v) is 15.2. The monoisotopic (exact) mass is 381 g/mol. The summed E-state index contributed by atoms with van der Waals surface area (Å²) in [5, 5.41) is 0.706. The SMILES string of the molecule is CN(Cc1nccn1CC(F)(F)F)C(=O)CCCCC1CCSS1. The highest BCUT2D eigenvalue weighted by molar-refractivity contribution is 8.77. The van der Waals surface area contributed by atoms with E-state index in [4.69, 9.17) is 0 Å². The number of rotatable bonds is 8. The molecule has 1 fully saturated rings. The Morgan fingerprint density at radius 1 is 1.46 bits per heavy atom. The maximum absolute atomic E-state index is 12.5. The van der Waals surface area contributed by atoms with Crippen molar-refractivity contribution in [3.63, 3.8) is 0 Å². The van der Waals surface area contributed by atoms with Crippen LogP contribution < -0.4 is 0 Å². The Balaban J connectivity index is 1.72. The van der Waals surface area contributed by atoms with Gasteiger partial charge in [-0.25, -0.2) is 4.98 Å². The van der Waals surface area contributed by atoms with Gasteiger partial charge in [0, 0.05) is 36.9 Å². The van der Waals surface area contributed by atoms with Gasteiger partial charge in [-0.05, 0) is 19.3 Å². The first-order valence-electron chi connectivity index (χ1n) is 7.94. The first kappa shape index (κ1) is 19.5. The molecule has 0 radical (unpaired) electrons. The van der Waals surface area contributed by atoms with Crippen molar-refractivity contribution >= 4 is 27.5 Å². The number of halogens is 3. The first-order chi connectivity index (χ1) is 11.3. The Morgan fingerprint density at radius 2 is 2.25 bits per heavy atom. The number of imidazole rings is 1. The van der Waals surface area contributed by atoms with Crippen LogP contribution in [0, 0.1) is 0 Å². The summed E-state index contributed by atoms with van der Waals surface area (Å²) in [6, 6.07) is 0. The second kappa shape index (κ2) is 9.03. The molecule has 0 aliphatic carbocycles. The molecule has 1 aliphatic rings.